The Balaban J connectivity index is 2.16. The van der Waals surface area contributed by atoms with Crippen molar-refractivity contribution < 1.29 is 9.90 Å². The zero-order chi connectivity index (χ0) is 12.3. The van der Waals surface area contributed by atoms with Gasteiger partial charge in [-0.2, -0.15) is 0 Å². The molecule has 0 saturated carbocycles. The number of phenols is 1. The first kappa shape index (κ1) is 11.2. The van der Waals surface area contributed by atoms with Crippen LogP contribution in [0.1, 0.15) is 12.0 Å². The summed E-state index contributed by atoms with van der Waals surface area (Å²) in [5.74, 6) is 0.258. The van der Waals surface area contributed by atoms with Crippen molar-refractivity contribution in [2.45, 2.75) is 6.42 Å². The molecule has 3 heteroatoms. The van der Waals surface area contributed by atoms with E-state index in [1.165, 1.54) is 0 Å². The lowest BCUT2D eigenvalue weighted by Gasteiger charge is -2.05. The molecule has 0 spiro atoms. The van der Waals surface area contributed by atoms with Gasteiger partial charge in [0.15, 0.2) is 5.78 Å². The number of aromatic hydroxyl groups is 1. The van der Waals surface area contributed by atoms with Gasteiger partial charge in [-0.1, -0.05) is 24.3 Å². The van der Waals surface area contributed by atoms with Gasteiger partial charge in [-0.05, 0) is 35.4 Å². The fraction of sp³-hybridized carbons (Fsp3) is 0.0714. The Morgan fingerprint density at radius 2 is 1.82 bits per heavy atom. The fourth-order valence-corrected chi connectivity index (χ4v) is 1.62. The quantitative estimate of drug-likeness (QED) is 0.813. The van der Waals surface area contributed by atoms with Crippen molar-refractivity contribution in [3.63, 3.8) is 0 Å². The van der Waals surface area contributed by atoms with Gasteiger partial charge in [-0.15, -0.1) is 0 Å². The van der Waals surface area contributed by atoms with E-state index < -0.39 is 0 Å². The first-order chi connectivity index (χ1) is 8.13. The predicted molar refractivity (Wildman–Crippen MR) is 67.1 cm³/mol. The van der Waals surface area contributed by atoms with Crippen LogP contribution < -0.4 is 5.73 Å². The third-order valence-electron chi connectivity index (χ3n) is 2.42. The van der Waals surface area contributed by atoms with Crippen LogP contribution in [-0.2, 0) is 4.79 Å². The zero-order valence-corrected chi connectivity index (χ0v) is 9.26. The van der Waals surface area contributed by atoms with Crippen molar-refractivity contribution in [2.24, 2.45) is 5.73 Å². The molecule has 3 nitrogen and oxygen atoms in total. The molecule has 0 saturated heterocycles. The summed E-state index contributed by atoms with van der Waals surface area (Å²) in [5.41, 5.74) is 7.97. The molecule has 0 heterocycles. The molecule has 2 rings (SSSR count). The second-order valence-corrected chi connectivity index (χ2v) is 3.93. The number of carbonyl (C=O) groups excluding carboxylic acids is 1. The molecule has 0 atom stereocenters. The topological polar surface area (TPSA) is 63.3 Å². The van der Waals surface area contributed by atoms with E-state index in [0.717, 1.165) is 11.1 Å². The van der Waals surface area contributed by atoms with Crippen molar-refractivity contribution in [3.8, 4) is 5.75 Å². The molecule has 3 N–H and O–H groups in total. The van der Waals surface area contributed by atoms with Gasteiger partial charge in [0.2, 0.25) is 0 Å². The fourth-order valence-electron chi connectivity index (χ4n) is 1.62. The zero-order valence-electron chi connectivity index (χ0n) is 9.26. The highest BCUT2D eigenvalue weighted by Crippen LogP contribution is 2.15. The second-order valence-electron chi connectivity index (χ2n) is 3.93. The summed E-state index contributed by atoms with van der Waals surface area (Å²) in [6.07, 6.45) is 7.37. The van der Waals surface area contributed by atoms with Gasteiger partial charge in [-0.25, -0.2) is 0 Å². The van der Waals surface area contributed by atoms with Crippen molar-refractivity contribution in [2.75, 3.05) is 0 Å². The van der Waals surface area contributed by atoms with Crippen LogP contribution in [0.3, 0.4) is 0 Å². The molecule has 1 aliphatic rings. The van der Waals surface area contributed by atoms with Crippen LogP contribution in [-0.4, -0.2) is 10.9 Å². The highest BCUT2D eigenvalue weighted by atomic mass is 16.3. The van der Waals surface area contributed by atoms with Gasteiger partial charge in [0.25, 0.3) is 0 Å². The van der Waals surface area contributed by atoms with Crippen molar-refractivity contribution in [1.82, 2.24) is 0 Å². The van der Waals surface area contributed by atoms with Crippen molar-refractivity contribution in [1.29, 1.82) is 0 Å². The van der Waals surface area contributed by atoms with Gasteiger partial charge in [0, 0.05) is 5.70 Å². The summed E-state index contributed by atoms with van der Waals surface area (Å²) in [7, 11) is 0. The van der Waals surface area contributed by atoms with Crippen LogP contribution in [0.25, 0.3) is 6.08 Å². The van der Waals surface area contributed by atoms with Crippen LogP contribution in [0, 0.1) is 0 Å². The number of benzene rings is 1. The number of carbonyl (C=O) groups is 1. The molecule has 0 fully saturated rings. The van der Waals surface area contributed by atoms with Crippen LogP contribution in [0.15, 0.2) is 53.8 Å². The van der Waals surface area contributed by atoms with E-state index in [1.807, 2.05) is 12.2 Å². The lowest BCUT2D eigenvalue weighted by atomic mass is 10.0. The standard InChI is InChI=1S/C14H13NO2/c15-12-7-11(8-14(17)9-12)2-1-10-3-5-13(16)6-4-10/h1-8,16H,9,15H2. The van der Waals surface area contributed by atoms with Crippen LogP contribution in [0.2, 0.25) is 0 Å². The van der Waals surface area contributed by atoms with E-state index in [-0.39, 0.29) is 11.5 Å². The van der Waals surface area contributed by atoms with E-state index in [1.54, 1.807) is 36.4 Å². The van der Waals surface area contributed by atoms with Gasteiger partial charge in [0.1, 0.15) is 5.75 Å². The minimum absolute atomic E-state index is 0.0235. The monoisotopic (exact) mass is 227 g/mol. The van der Waals surface area contributed by atoms with E-state index in [9.17, 15) is 4.79 Å². The normalized spacial score (nSPS) is 15.9. The third kappa shape index (κ3) is 3.08. The number of ketones is 1. The molecular formula is C14H13NO2. The molecule has 1 aromatic carbocycles. The minimum atomic E-state index is 0.0235. The highest BCUT2D eigenvalue weighted by Gasteiger charge is 2.07. The summed E-state index contributed by atoms with van der Waals surface area (Å²) in [6.45, 7) is 0. The van der Waals surface area contributed by atoms with Crippen molar-refractivity contribution >= 4 is 11.9 Å². The van der Waals surface area contributed by atoms with Crippen molar-refractivity contribution in [3.05, 3.63) is 59.3 Å². The lowest BCUT2D eigenvalue weighted by molar-refractivity contribution is -0.114. The number of hydrogen-bond acceptors (Lipinski definition) is 3. The molecule has 17 heavy (non-hydrogen) atoms. The minimum Gasteiger partial charge on any atom is -0.508 e. The number of hydrogen-bond donors (Lipinski definition) is 2. The summed E-state index contributed by atoms with van der Waals surface area (Å²) in [5, 5.41) is 9.14. The Bertz CT molecular complexity index is 522. The largest absolute Gasteiger partial charge is 0.508 e. The van der Waals surface area contributed by atoms with E-state index >= 15 is 0 Å². The maximum atomic E-state index is 11.3. The predicted octanol–water partition coefficient (Wildman–Crippen LogP) is 2.15. The average molecular weight is 227 g/mol. The third-order valence-corrected chi connectivity index (χ3v) is 2.42. The Kier molecular flexibility index (Phi) is 3.10. The van der Waals surface area contributed by atoms with E-state index in [2.05, 4.69) is 0 Å². The SMILES string of the molecule is NC1=CC(C=Cc2ccc(O)cc2)=CC(=O)C1. The average Bonchev–Trinajstić information content (AvgIpc) is 2.27. The van der Waals surface area contributed by atoms with E-state index in [4.69, 9.17) is 10.8 Å². The Morgan fingerprint density at radius 3 is 2.47 bits per heavy atom. The van der Waals surface area contributed by atoms with Crippen LogP contribution in [0.5, 0.6) is 5.75 Å². The molecular weight excluding hydrogens is 214 g/mol. The lowest BCUT2D eigenvalue weighted by Crippen LogP contribution is -2.08. The number of nitrogens with two attached hydrogens (primary N) is 1. The van der Waals surface area contributed by atoms with Gasteiger partial charge >= 0.3 is 0 Å². The molecule has 0 amide bonds. The molecule has 0 aliphatic heterocycles. The Hall–Kier alpha value is -2.29. The van der Waals surface area contributed by atoms with Gasteiger partial charge in [-0.3, -0.25) is 4.79 Å². The Morgan fingerprint density at radius 1 is 1.12 bits per heavy atom. The van der Waals surface area contributed by atoms with E-state index in [0.29, 0.717) is 12.1 Å². The number of allylic oxidation sites excluding steroid dienone is 5. The summed E-state index contributed by atoms with van der Waals surface area (Å²) < 4.78 is 0. The molecule has 1 aliphatic carbocycles. The molecule has 1 aromatic rings. The molecule has 86 valence electrons. The number of phenolic OH excluding ortho intramolecular Hbond substituents is 1. The van der Waals surface area contributed by atoms with Gasteiger partial charge in [0.05, 0.1) is 6.42 Å². The summed E-state index contributed by atoms with van der Waals surface area (Å²) >= 11 is 0. The molecule has 0 unspecified atom stereocenters. The Labute approximate surface area is 99.6 Å². The smallest absolute Gasteiger partial charge is 0.162 e. The first-order valence-corrected chi connectivity index (χ1v) is 5.31. The summed E-state index contributed by atoms with van der Waals surface area (Å²) in [4.78, 5) is 11.3. The van der Waals surface area contributed by atoms with Crippen LogP contribution >= 0.6 is 0 Å². The second kappa shape index (κ2) is 4.70. The molecule has 0 bridgehead atoms. The maximum absolute atomic E-state index is 11.3. The maximum Gasteiger partial charge on any atom is 0.162 e. The highest BCUT2D eigenvalue weighted by molar-refractivity contribution is 5.94. The number of rotatable bonds is 2. The first-order valence-electron chi connectivity index (χ1n) is 5.31. The van der Waals surface area contributed by atoms with Crippen LogP contribution in [0.4, 0.5) is 0 Å². The van der Waals surface area contributed by atoms with Gasteiger partial charge < -0.3 is 10.8 Å². The molecule has 0 aromatic heterocycles. The summed E-state index contributed by atoms with van der Waals surface area (Å²) in [6, 6.07) is 6.82. The molecule has 0 radical (unpaired) electrons.